The molecule has 0 radical (unpaired) electrons. The minimum atomic E-state index is 0.394. The van der Waals surface area contributed by atoms with Crippen LogP contribution in [0.15, 0.2) is 17.0 Å². The Balaban J connectivity index is 3.04. The highest BCUT2D eigenvalue weighted by Gasteiger charge is 2.06. The van der Waals surface area contributed by atoms with E-state index in [0.717, 1.165) is 5.56 Å². The first-order valence-corrected chi connectivity index (χ1v) is 5.36. The number of benzene rings is 1. The zero-order valence-electron chi connectivity index (χ0n) is 8.59. The second-order valence-corrected chi connectivity index (χ2v) is 5.12. The van der Waals surface area contributed by atoms with Crippen LogP contribution in [-0.2, 0) is 0 Å². The molecular formula is C11H16OS. The molecule has 1 aromatic carbocycles. The topological polar surface area (TPSA) is 20.2 Å². The number of rotatable bonds is 2. The number of phenolic OH excluding ortho intramolecular Hbond substituents is 1. The van der Waals surface area contributed by atoms with Gasteiger partial charge in [0, 0.05) is 10.1 Å². The van der Waals surface area contributed by atoms with E-state index in [4.69, 9.17) is 0 Å². The van der Waals surface area contributed by atoms with Crippen molar-refractivity contribution in [3.05, 3.63) is 23.3 Å². The van der Waals surface area contributed by atoms with Gasteiger partial charge in [0.1, 0.15) is 5.75 Å². The summed E-state index contributed by atoms with van der Waals surface area (Å²) >= 11 is 1.84. The van der Waals surface area contributed by atoms with E-state index < -0.39 is 0 Å². The summed E-state index contributed by atoms with van der Waals surface area (Å²) in [4.78, 5) is 1.27. The maximum absolute atomic E-state index is 9.45. The zero-order chi connectivity index (χ0) is 10.0. The normalized spacial score (nSPS) is 10.8. The summed E-state index contributed by atoms with van der Waals surface area (Å²) in [6.07, 6.45) is 0. The van der Waals surface area contributed by atoms with Crippen LogP contribution in [0.4, 0.5) is 0 Å². The first-order valence-electron chi connectivity index (χ1n) is 4.48. The Labute approximate surface area is 84.2 Å². The van der Waals surface area contributed by atoms with Crippen LogP contribution in [0.5, 0.6) is 5.75 Å². The van der Waals surface area contributed by atoms with Gasteiger partial charge < -0.3 is 5.11 Å². The molecule has 0 aliphatic carbocycles. The molecule has 0 bridgehead atoms. The van der Waals surface area contributed by atoms with Crippen LogP contribution < -0.4 is 0 Å². The summed E-state index contributed by atoms with van der Waals surface area (Å²) in [5.74, 6) is 0.394. The fourth-order valence-electron chi connectivity index (χ4n) is 1.16. The van der Waals surface area contributed by atoms with Crippen LogP contribution in [0.2, 0.25) is 0 Å². The molecule has 1 N–H and O–H groups in total. The van der Waals surface area contributed by atoms with E-state index in [-0.39, 0.29) is 0 Å². The van der Waals surface area contributed by atoms with E-state index in [2.05, 4.69) is 20.8 Å². The van der Waals surface area contributed by atoms with Gasteiger partial charge in [-0.05, 0) is 37.1 Å². The molecule has 0 atom stereocenters. The molecule has 0 spiro atoms. The average Bonchev–Trinajstić information content (AvgIpc) is 2.06. The predicted molar refractivity (Wildman–Crippen MR) is 58.6 cm³/mol. The third-order valence-electron chi connectivity index (χ3n) is 2.07. The average molecular weight is 196 g/mol. The number of hydrogen-bond acceptors (Lipinski definition) is 2. The van der Waals surface area contributed by atoms with Crippen molar-refractivity contribution in [1.29, 1.82) is 0 Å². The van der Waals surface area contributed by atoms with Crippen molar-refractivity contribution in [2.45, 2.75) is 37.8 Å². The summed E-state index contributed by atoms with van der Waals surface area (Å²) in [5.41, 5.74) is 2.18. The molecule has 13 heavy (non-hydrogen) atoms. The standard InChI is InChI=1S/C11H16OS/c1-7(2)13-11-6-5-10(12)8(3)9(11)4/h5-7,12H,1-4H3. The van der Waals surface area contributed by atoms with Crippen molar-refractivity contribution in [1.82, 2.24) is 0 Å². The lowest BCUT2D eigenvalue weighted by Gasteiger charge is -2.11. The van der Waals surface area contributed by atoms with Gasteiger partial charge in [0.2, 0.25) is 0 Å². The Morgan fingerprint density at radius 1 is 1.15 bits per heavy atom. The monoisotopic (exact) mass is 196 g/mol. The van der Waals surface area contributed by atoms with Crippen LogP contribution in [0, 0.1) is 13.8 Å². The van der Waals surface area contributed by atoms with Crippen LogP contribution >= 0.6 is 11.8 Å². The lowest BCUT2D eigenvalue weighted by molar-refractivity contribution is 0.470. The highest BCUT2D eigenvalue weighted by atomic mass is 32.2. The highest BCUT2D eigenvalue weighted by molar-refractivity contribution is 8.00. The maximum atomic E-state index is 9.45. The molecular weight excluding hydrogens is 180 g/mol. The van der Waals surface area contributed by atoms with Gasteiger partial charge >= 0.3 is 0 Å². The van der Waals surface area contributed by atoms with Gasteiger partial charge in [-0.25, -0.2) is 0 Å². The Hall–Kier alpha value is -0.630. The Bertz CT molecular complexity index is 305. The molecule has 0 aliphatic rings. The number of aromatic hydroxyl groups is 1. The SMILES string of the molecule is Cc1c(O)ccc(SC(C)C)c1C. The number of hydrogen-bond donors (Lipinski definition) is 1. The van der Waals surface area contributed by atoms with Crippen molar-refractivity contribution < 1.29 is 5.11 Å². The molecule has 1 rings (SSSR count). The van der Waals surface area contributed by atoms with Gasteiger partial charge in [-0.1, -0.05) is 13.8 Å². The van der Waals surface area contributed by atoms with Gasteiger partial charge in [-0.2, -0.15) is 0 Å². The minimum Gasteiger partial charge on any atom is -0.508 e. The van der Waals surface area contributed by atoms with E-state index in [1.807, 2.05) is 24.8 Å². The molecule has 0 unspecified atom stereocenters. The van der Waals surface area contributed by atoms with Gasteiger partial charge in [0.25, 0.3) is 0 Å². The van der Waals surface area contributed by atoms with E-state index in [1.54, 1.807) is 6.07 Å². The molecule has 0 aromatic heterocycles. The van der Waals surface area contributed by atoms with Gasteiger partial charge in [-0.3, -0.25) is 0 Å². The fraction of sp³-hybridized carbons (Fsp3) is 0.455. The molecule has 0 heterocycles. The lowest BCUT2D eigenvalue weighted by Crippen LogP contribution is -1.91. The largest absolute Gasteiger partial charge is 0.508 e. The molecule has 0 saturated heterocycles. The van der Waals surface area contributed by atoms with E-state index in [0.29, 0.717) is 11.0 Å². The maximum Gasteiger partial charge on any atom is 0.118 e. The minimum absolute atomic E-state index is 0.394. The van der Waals surface area contributed by atoms with E-state index in [9.17, 15) is 5.11 Å². The Kier molecular flexibility index (Phi) is 3.26. The zero-order valence-corrected chi connectivity index (χ0v) is 9.40. The molecule has 1 nitrogen and oxygen atoms in total. The van der Waals surface area contributed by atoms with Gasteiger partial charge in [-0.15, -0.1) is 11.8 Å². The molecule has 2 heteroatoms. The second kappa shape index (κ2) is 4.05. The number of thioether (sulfide) groups is 1. The summed E-state index contributed by atoms with van der Waals surface area (Å²) in [6.45, 7) is 8.35. The second-order valence-electron chi connectivity index (χ2n) is 3.50. The van der Waals surface area contributed by atoms with Crippen molar-refractivity contribution in [3.63, 3.8) is 0 Å². The molecule has 0 saturated carbocycles. The lowest BCUT2D eigenvalue weighted by atomic mass is 10.1. The smallest absolute Gasteiger partial charge is 0.118 e. The third kappa shape index (κ3) is 2.41. The molecule has 72 valence electrons. The summed E-state index contributed by atoms with van der Waals surface area (Å²) in [7, 11) is 0. The summed E-state index contributed by atoms with van der Waals surface area (Å²) < 4.78 is 0. The molecule has 0 amide bonds. The molecule has 0 aliphatic heterocycles. The third-order valence-corrected chi connectivity index (χ3v) is 3.24. The van der Waals surface area contributed by atoms with E-state index >= 15 is 0 Å². The van der Waals surface area contributed by atoms with E-state index in [1.165, 1.54) is 10.5 Å². The predicted octanol–water partition coefficient (Wildman–Crippen LogP) is 3.51. The Morgan fingerprint density at radius 3 is 2.31 bits per heavy atom. The van der Waals surface area contributed by atoms with Crippen molar-refractivity contribution in [2.75, 3.05) is 0 Å². The van der Waals surface area contributed by atoms with Gasteiger partial charge in [0.15, 0.2) is 0 Å². The van der Waals surface area contributed by atoms with Crippen molar-refractivity contribution >= 4 is 11.8 Å². The van der Waals surface area contributed by atoms with Gasteiger partial charge in [0.05, 0.1) is 0 Å². The van der Waals surface area contributed by atoms with Crippen molar-refractivity contribution in [2.24, 2.45) is 0 Å². The fourth-order valence-corrected chi connectivity index (χ4v) is 2.15. The molecule has 1 aromatic rings. The first kappa shape index (κ1) is 10.5. The van der Waals surface area contributed by atoms with Crippen molar-refractivity contribution in [3.8, 4) is 5.75 Å². The van der Waals surface area contributed by atoms with Crippen LogP contribution in [0.1, 0.15) is 25.0 Å². The number of phenols is 1. The summed E-state index contributed by atoms with van der Waals surface area (Å²) in [5, 5.41) is 10.0. The van der Waals surface area contributed by atoms with Crippen LogP contribution in [-0.4, -0.2) is 10.4 Å². The van der Waals surface area contributed by atoms with Crippen LogP contribution in [0.25, 0.3) is 0 Å². The molecule has 0 fully saturated rings. The van der Waals surface area contributed by atoms with Crippen LogP contribution in [0.3, 0.4) is 0 Å². The summed E-state index contributed by atoms with van der Waals surface area (Å²) in [6, 6.07) is 3.76. The first-order chi connectivity index (χ1) is 6.02. The quantitative estimate of drug-likeness (QED) is 0.730. The highest BCUT2D eigenvalue weighted by Crippen LogP contribution is 2.31. The Morgan fingerprint density at radius 2 is 1.77 bits per heavy atom.